The smallest absolute Gasteiger partial charge is 0.259 e. The molecule has 0 atom stereocenters. The highest BCUT2D eigenvalue weighted by Crippen LogP contribution is 2.19. The number of ether oxygens (including phenoxy) is 1. The highest BCUT2D eigenvalue weighted by atomic mass is 16.5. The predicted molar refractivity (Wildman–Crippen MR) is 114 cm³/mol. The van der Waals surface area contributed by atoms with E-state index in [0.717, 1.165) is 18.5 Å². The summed E-state index contributed by atoms with van der Waals surface area (Å²) in [5, 5.41) is 15.3. The monoisotopic (exact) mass is 420 g/mol. The average Bonchev–Trinajstić information content (AvgIpc) is 3.34. The summed E-state index contributed by atoms with van der Waals surface area (Å²) in [5.74, 6) is 0.841. The number of nitrogens with zero attached hydrogens (tertiary/aromatic N) is 5. The Kier molecular flexibility index (Phi) is 5.92. The largest absolute Gasteiger partial charge is 0.477 e. The Labute approximate surface area is 180 Å². The summed E-state index contributed by atoms with van der Waals surface area (Å²) in [5.41, 5.74) is 2.73. The van der Waals surface area contributed by atoms with Crippen LogP contribution in [0.25, 0.3) is 5.82 Å². The summed E-state index contributed by atoms with van der Waals surface area (Å²) in [7, 11) is 0. The highest BCUT2D eigenvalue weighted by Gasteiger charge is 2.20. The van der Waals surface area contributed by atoms with Gasteiger partial charge in [0.15, 0.2) is 5.82 Å². The molecule has 0 spiro atoms. The molecule has 0 aliphatic carbocycles. The molecule has 4 rings (SSSR count). The van der Waals surface area contributed by atoms with Gasteiger partial charge in [-0.3, -0.25) is 9.59 Å². The molecule has 0 unspecified atom stereocenters. The molecule has 9 nitrogen and oxygen atoms in total. The molecule has 3 heterocycles. The van der Waals surface area contributed by atoms with Crippen molar-refractivity contribution in [3.05, 3.63) is 59.4 Å². The van der Waals surface area contributed by atoms with Crippen molar-refractivity contribution in [3.63, 3.8) is 0 Å². The van der Waals surface area contributed by atoms with Crippen molar-refractivity contribution < 1.29 is 14.3 Å². The van der Waals surface area contributed by atoms with Crippen molar-refractivity contribution in [2.24, 2.45) is 0 Å². The highest BCUT2D eigenvalue weighted by molar-refractivity contribution is 6.05. The lowest BCUT2D eigenvalue weighted by Crippen LogP contribution is -2.23. The van der Waals surface area contributed by atoms with Gasteiger partial charge in [0.1, 0.15) is 0 Å². The van der Waals surface area contributed by atoms with Crippen molar-refractivity contribution in [1.29, 1.82) is 0 Å². The van der Waals surface area contributed by atoms with Gasteiger partial charge in [-0.05, 0) is 44.0 Å². The maximum atomic E-state index is 12.8. The standard InChI is InChI=1S/C22H24N6O3/c1-3-31-20-10-9-19(25-26-20)28-15(2)18(13-23-28)22(30)24-17-7-4-6-16(12-17)14-27-11-5-8-21(27)29/h4,6-7,9-10,12-13H,3,5,8,11,14H2,1-2H3,(H,24,30). The fourth-order valence-electron chi connectivity index (χ4n) is 3.55. The van der Waals surface area contributed by atoms with Crippen LogP contribution in [0.2, 0.25) is 0 Å². The van der Waals surface area contributed by atoms with Gasteiger partial charge in [-0.25, -0.2) is 4.68 Å². The molecule has 0 radical (unpaired) electrons. The second-order valence-electron chi connectivity index (χ2n) is 7.29. The summed E-state index contributed by atoms with van der Waals surface area (Å²) in [6.07, 6.45) is 3.02. The minimum atomic E-state index is -0.267. The van der Waals surface area contributed by atoms with Crippen LogP contribution in [0.3, 0.4) is 0 Å². The topological polar surface area (TPSA) is 102 Å². The fraction of sp³-hybridized carbons (Fsp3) is 0.318. The van der Waals surface area contributed by atoms with E-state index in [1.807, 2.05) is 36.1 Å². The molecule has 0 bridgehead atoms. The lowest BCUT2D eigenvalue weighted by atomic mass is 10.1. The lowest BCUT2D eigenvalue weighted by Gasteiger charge is -2.16. The molecule has 31 heavy (non-hydrogen) atoms. The quantitative estimate of drug-likeness (QED) is 0.631. The van der Waals surface area contributed by atoms with Gasteiger partial charge >= 0.3 is 0 Å². The summed E-state index contributed by atoms with van der Waals surface area (Å²) < 4.78 is 6.87. The first-order valence-corrected chi connectivity index (χ1v) is 10.2. The Morgan fingerprint density at radius 2 is 2.10 bits per heavy atom. The maximum absolute atomic E-state index is 12.8. The zero-order valence-corrected chi connectivity index (χ0v) is 17.5. The summed E-state index contributed by atoms with van der Waals surface area (Å²) >= 11 is 0. The number of carbonyl (C=O) groups excluding carboxylic acids is 2. The number of aromatic nitrogens is 4. The number of carbonyl (C=O) groups is 2. The van der Waals surface area contributed by atoms with Crippen LogP contribution in [-0.2, 0) is 11.3 Å². The Morgan fingerprint density at radius 1 is 1.23 bits per heavy atom. The summed E-state index contributed by atoms with van der Waals surface area (Å²) in [6, 6.07) is 11.0. The third kappa shape index (κ3) is 4.55. The SMILES string of the molecule is CCOc1ccc(-n2ncc(C(=O)Nc3cccc(CN4CCCC4=O)c3)c2C)nn1. The van der Waals surface area contributed by atoms with Crippen LogP contribution in [0.5, 0.6) is 5.88 Å². The van der Waals surface area contributed by atoms with Crippen molar-refractivity contribution in [1.82, 2.24) is 24.9 Å². The van der Waals surface area contributed by atoms with Crippen LogP contribution in [0.15, 0.2) is 42.6 Å². The number of likely N-dealkylation sites (tertiary alicyclic amines) is 1. The Hall–Kier alpha value is -3.75. The summed E-state index contributed by atoms with van der Waals surface area (Å²) in [4.78, 5) is 26.5. The molecule has 9 heteroatoms. The molecule has 1 aromatic carbocycles. The zero-order valence-electron chi connectivity index (χ0n) is 17.5. The Bertz CT molecular complexity index is 1090. The second-order valence-corrected chi connectivity index (χ2v) is 7.29. The molecule has 160 valence electrons. The van der Waals surface area contributed by atoms with Crippen LogP contribution < -0.4 is 10.1 Å². The van der Waals surface area contributed by atoms with Crippen molar-refractivity contribution in [2.75, 3.05) is 18.5 Å². The minimum Gasteiger partial charge on any atom is -0.477 e. The van der Waals surface area contributed by atoms with E-state index in [4.69, 9.17) is 4.74 Å². The first-order chi connectivity index (χ1) is 15.0. The third-order valence-corrected chi connectivity index (χ3v) is 5.12. The molecular formula is C22H24N6O3. The number of anilines is 1. The second kappa shape index (κ2) is 8.95. The number of benzene rings is 1. The van der Waals surface area contributed by atoms with Crippen LogP contribution in [0.4, 0.5) is 5.69 Å². The number of amides is 2. The molecular weight excluding hydrogens is 396 g/mol. The van der Waals surface area contributed by atoms with Gasteiger partial charge in [0.2, 0.25) is 11.8 Å². The van der Waals surface area contributed by atoms with Gasteiger partial charge in [0.25, 0.3) is 5.91 Å². The number of nitrogens with one attached hydrogen (secondary N) is 1. The van der Waals surface area contributed by atoms with E-state index in [2.05, 4.69) is 20.6 Å². The molecule has 1 N–H and O–H groups in total. The summed E-state index contributed by atoms with van der Waals surface area (Å²) in [6.45, 7) is 5.52. The predicted octanol–water partition coefficient (Wildman–Crippen LogP) is 2.74. The molecule has 3 aromatic rings. The van der Waals surface area contributed by atoms with Crippen LogP contribution in [-0.4, -0.2) is 49.8 Å². The van der Waals surface area contributed by atoms with Crippen molar-refractivity contribution >= 4 is 17.5 Å². The average molecular weight is 420 g/mol. The van der Waals surface area contributed by atoms with Gasteiger partial charge in [-0.15, -0.1) is 10.2 Å². The molecule has 1 aliphatic heterocycles. The van der Waals surface area contributed by atoms with Crippen molar-refractivity contribution in [2.45, 2.75) is 33.2 Å². The first-order valence-electron chi connectivity index (χ1n) is 10.2. The fourth-order valence-corrected chi connectivity index (χ4v) is 3.55. The normalized spacial score (nSPS) is 13.5. The van der Waals surface area contributed by atoms with Crippen LogP contribution >= 0.6 is 0 Å². The molecule has 2 aromatic heterocycles. The van der Waals surface area contributed by atoms with E-state index in [9.17, 15) is 9.59 Å². The van der Waals surface area contributed by atoms with E-state index in [0.29, 0.717) is 48.2 Å². The first kappa shape index (κ1) is 20.5. The molecule has 1 aliphatic rings. The zero-order chi connectivity index (χ0) is 21.8. The lowest BCUT2D eigenvalue weighted by molar-refractivity contribution is -0.128. The van der Waals surface area contributed by atoms with Gasteiger partial charge in [-0.1, -0.05) is 12.1 Å². The number of rotatable bonds is 7. The minimum absolute atomic E-state index is 0.176. The molecule has 2 amide bonds. The van der Waals surface area contributed by atoms with E-state index < -0.39 is 0 Å². The van der Waals surface area contributed by atoms with Crippen LogP contribution in [0, 0.1) is 6.92 Å². The molecule has 0 saturated carbocycles. The van der Waals surface area contributed by atoms with E-state index in [-0.39, 0.29) is 11.8 Å². The van der Waals surface area contributed by atoms with Gasteiger partial charge in [0, 0.05) is 31.3 Å². The molecule has 1 saturated heterocycles. The number of hydrogen-bond donors (Lipinski definition) is 1. The van der Waals surface area contributed by atoms with E-state index in [1.54, 1.807) is 23.7 Å². The Morgan fingerprint density at radius 3 is 2.81 bits per heavy atom. The van der Waals surface area contributed by atoms with Gasteiger partial charge in [0.05, 0.1) is 24.1 Å². The Balaban J connectivity index is 1.47. The maximum Gasteiger partial charge on any atom is 0.259 e. The third-order valence-electron chi connectivity index (χ3n) is 5.12. The van der Waals surface area contributed by atoms with Gasteiger partial charge in [-0.2, -0.15) is 5.10 Å². The van der Waals surface area contributed by atoms with Crippen molar-refractivity contribution in [3.8, 4) is 11.7 Å². The van der Waals surface area contributed by atoms with Crippen LogP contribution in [0.1, 0.15) is 41.4 Å². The molecule has 1 fully saturated rings. The van der Waals surface area contributed by atoms with E-state index in [1.165, 1.54) is 6.20 Å². The number of hydrogen-bond acceptors (Lipinski definition) is 6. The van der Waals surface area contributed by atoms with Gasteiger partial charge < -0.3 is 15.0 Å². The van der Waals surface area contributed by atoms with E-state index >= 15 is 0 Å².